The summed E-state index contributed by atoms with van der Waals surface area (Å²) in [6.07, 6.45) is 3.14. The van der Waals surface area contributed by atoms with Gasteiger partial charge >= 0.3 is 0 Å². The Morgan fingerprint density at radius 3 is 2.75 bits per heavy atom. The van der Waals surface area contributed by atoms with E-state index >= 15 is 0 Å². The second-order valence-electron chi connectivity index (χ2n) is 5.80. The van der Waals surface area contributed by atoms with Crippen molar-refractivity contribution in [1.82, 2.24) is 25.0 Å². The molecule has 20 heavy (non-hydrogen) atoms. The monoisotopic (exact) mass is 277 g/mol. The molecule has 1 fully saturated rings. The second-order valence-corrected chi connectivity index (χ2v) is 5.80. The molecule has 0 radical (unpaired) electrons. The standard InChI is InChI=1S/C14H23N5O/c1-3-8-18-9-12-16-17-13(11-4-6-15-7-5-11)19(12)10(2)14(18)20/h10-11,15H,3-9H2,1-2H3/t10-/m1/s1. The fraction of sp³-hybridized carbons (Fsp3) is 0.786. The molecule has 110 valence electrons. The highest BCUT2D eigenvalue weighted by molar-refractivity contribution is 5.81. The summed E-state index contributed by atoms with van der Waals surface area (Å²) in [6, 6.07) is -0.162. The van der Waals surface area contributed by atoms with Gasteiger partial charge in [0.2, 0.25) is 5.91 Å². The van der Waals surface area contributed by atoms with Gasteiger partial charge in [-0.3, -0.25) is 4.79 Å². The molecular formula is C14H23N5O. The third kappa shape index (κ3) is 2.22. The number of nitrogens with one attached hydrogen (secondary N) is 1. The van der Waals surface area contributed by atoms with Gasteiger partial charge in [-0.1, -0.05) is 6.92 Å². The highest BCUT2D eigenvalue weighted by Gasteiger charge is 2.34. The average Bonchev–Trinajstić information content (AvgIpc) is 2.89. The molecule has 0 unspecified atom stereocenters. The van der Waals surface area contributed by atoms with Crippen molar-refractivity contribution in [3.05, 3.63) is 11.6 Å². The molecule has 1 atom stereocenters. The maximum Gasteiger partial charge on any atom is 0.245 e. The van der Waals surface area contributed by atoms with Gasteiger partial charge in [-0.25, -0.2) is 0 Å². The lowest BCUT2D eigenvalue weighted by Gasteiger charge is -2.33. The van der Waals surface area contributed by atoms with Crippen LogP contribution < -0.4 is 5.32 Å². The van der Waals surface area contributed by atoms with Crippen LogP contribution in [0.2, 0.25) is 0 Å². The van der Waals surface area contributed by atoms with Crippen LogP contribution in [0.5, 0.6) is 0 Å². The summed E-state index contributed by atoms with van der Waals surface area (Å²) < 4.78 is 2.09. The van der Waals surface area contributed by atoms with Gasteiger partial charge in [0.15, 0.2) is 5.82 Å². The van der Waals surface area contributed by atoms with Gasteiger partial charge in [-0.15, -0.1) is 10.2 Å². The summed E-state index contributed by atoms with van der Waals surface area (Å²) >= 11 is 0. The van der Waals surface area contributed by atoms with Gasteiger partial charge in [0, 0.05) is 12.5 Å². The molecule has 1 aromatic heterocycles. The van der Waals surface area contributed by atoms with Crippen LogP contribution >= 0.6 is 0 Å². The fourth-order valence-electron chi connectivity index (χ4n) is 3.31. The van der Waals surface area contributed by atoms with Crippen LogP contribution in [0.15, 0.2) is 0 Å². The van der Waals surface area contributed by atoms with Crippen LogP contribution in [0.25, 0.3) is 0 Å². The smallest absolute Gasteiger partial charge is 0.245 e. The van der Waals surface area contributed by atoms with Crippen molar-refractivity contribution < 1.29 is 4.79 Å². The fourth-order valence-corrected chi connectivity index (χ4v) is 3.31. The molecule has 3 rings (SSSR count). The molecule has 2 aliphatic rings. The van der Waals surface area contributed by atoms with Crippen molar-refractivity contribution in [3.8, 4) is 0 Å². The summed E-state index contributed by atoms with van der Waals surface area (Å²) in [4.78, 5) is 14.4. The topological polar surface area (TPSA) is 63.1 Å². The molecule has 1 amide bonds. The third-order valence-corrected chi connectivity index (χ3v) is 4.38. The molecule has 1 aromatic rings. The summed E-state index contributed by atoms with van der Waals surface area (Å²) in [5.74, 6) is 2.59. The van der Waals surface area contributed by atoms with Crippen molar-refractivity contribution in [1.29, 1.82) is 0 Å². The minimum atomic E-state index is -0.162. The Balaban J connectivity index is 1.89. The molecule has 2 aliphatic heterocycles. The SMILES string of the molecule is CCCN1Cc2nnc(C3CCNCC3)n2[C@H](C)C1=O. The van der Waals surface area contributed by atoms with Gasteiger partial charge in [0.05, 0.1) is 6.54 Å². The van der Waals surface area contributed by atoms with E-state index in [1.807, 2.05) is 11.8 Å². The number of carbonyl (C=O) groups is 1. The largest absolute Gasteiger partial charge is 0.333 e. The molecule has 0 saturated carbocycles. The van der Waals surface area contributed by atoms with E-state index in [0.29, 0.717) is 12.5 Å². The number of rotatable bonds is 3. The van der Waals surface area contributed by atoms with E-state index in [2.05, 4.69) is 27.0 Å². The van der Waals surface area contributed by atoms with Crippen LogP contribution in [0.1, 0.15) is 56.7 Å². The Morgan fingerprint density at radius 1 is 1.30 bits per heavy atom. The summed E-state index contributed by atoms with van der Waals surface area (Å²) in [5, 5.41) is 12.1. The van der Waals surface area contributed by atoms with Crippen molar-refractivity contribution >= 4 is 5.91 Å². The molecule has 0 bridgehead atoms. The lowest BCUT2D eigenvalue weighted by atomic mass is 9.96. The number of carbonyl (C=O) groups excluding carboxylic acids is 1. The minimum absolute atomic E-state index is 0.162. The van der Waals surface area contributed by atoms with E-state index in [-0.39, 0.29) is 11.9 Å². The Kier molecular flexibility index (Phi) is 3.74. The molecular weight excluding hydrogens is 254 g/mol. The molecule has 0 aliphatic carbocycles. The van der Waals surface area contributed by atoms with Gasteiger partial charge in [-0.2, -0.15) is 0 Å². The first-order chi connectivity index (χ1) is 9.72. The zero-order chi connectivity index (χ0) is 14.1. The maximum atomic E-state index is 12.4. The van der Waals surface area contributed by atoms with Crippen molar-refractivity contribution in [2.24, 2.45) is 0 Å². The second kappa shape index (κ2) is 5.52. The van der Waals surface area contributed by atoms with Crippen molar-refractivity contribution in [2.45, 2.75) is 51.6 Å². The first-order valence-electron chi connectivity index (χ1n) is 7.65. The predicted molar refractivity (Wildman–Crippen MR) is 75.3 cm³/mol. The number of hydrogen-bond acceptors (Lipinski definition) is 4. The Labute approximate surface area is 119 Å². The summed E-state index contributed by atoms with van der Waals surface area (Å²) in [6.45, 7) is 7.53. The number of piperidine rings is 1. The van der Waals surface area contributed by atoms with E-state index in [1.54, 1.807) is 0 Å². The number of amides is 1. The van der Waals surface area contributed by atoms with E-state index in [1.165, 1.54) is 0 Å². The Hall–Kier alpha value is -1.43. The first kappa shape index (κ1) is 13.5. The number of hydrogen-bond donors (Lipinski definition) is 1. The molecule has 0 spiro atoms. The van der Waals surface area contributed by atoms with Gasteiger partial charge in [0.1, 0.15) is 11.9 Å². The number of aromatic nitrogens is 3. The summed E-state index contributed by atoms with van der Waals surface area (Å²) in [7, 11) is 0. The molecule has 6 heteroatoms. The molecule has 1 saturated heterocycles. The van der Waals surface area contributed by atoms with Crippen LogP contribution in [0, 0.1) is 0 Å². The molecule has 3 heterocycles. The number of nitrogens with zero attached hydrogens (tertiary/aromatic N) is 4. The first-order valence-corrected chi connectivity index (χ1v) is 7.65. The number of fused-ring (bicyclic) bond motifs is 1. The van der Waals surface area contributed by atoms with E-state index in [0.717, 1.165) is 50.5 Å². The van der Waals surface area contributed by atoms with Crippen molar-refractivity contribution in [3.63, 3.8) is 0 Å². The maximum absolute atomic E-state index is 12.4. The van der Waals surface area contributed by atoms with Gasteiger partial charge in [0.25, 0.3) is 0 Å². The van der Waals surface area contributed by atoms with Gasteiger partial charge in [-0.05, 0) is 39.3 Å². The lowest BCUT2D eigenvalue weighted by molar-refractivity contribution is -0.137. The van der Waals surface area contributed by atoms with Crippen LogP contribution in [0.3, 0.4) is 0 Å². The average molecular weight is 277 g/mol. The van der Waals surface area contributed by atoms with E-state index < -0.39 is 0 Å². The predicted octanol–water partition coefficient (Wildman–Crippen LogP) is 1.06. The minimum Gasteiger partial charge on any atom is -0.333 e. The lowest BCUT2D eigenvalue weighted by Crippen LogP contribution is -2.43. The zero-order valence-corrected chi connectivity index (χ0v) is 12.3. The van der Waals surface area contributed by atoms with Crippen LogP contribution in [0.4, 0.5) is 0 Å². The van der Waals surface area contributed by atoms with E-state index in [9.17, 15) is 4.79 Å². The molecule has 1 N–H and O–H groups in total. The van der Waals surface area contributed by atoms with Crippen molar-refractivity contribution in [2.75, 3.05) is 19.6 Å². The Bertz CT molecular complexity index is 492. The normalized spacial score (nSPS) is 24.0. The Morgan fingerprint density at radius 2 is 2.05 bits per heavy atom. The highest BCUT2D eigenvalue weighted by atomic mass is 16.2. The van der Waals surface area contributed by atoms with E-state index in [4.69, 9.17) is 0 Å². The molecule has 0 aromatic carbocycles. The van der Waals surface area contributed by atoms with Gasteiger partial charge < -0.3 is 14.8 Å². The highest BCUT2D eigenvalue weighted by Crippen LogP contribution is 2.30. The molecule has 6 nitrogen and oxygen atoms in total. The summed E-state index contributed by atoms with van der Waals surface area (Å²) in [5.41, 5.74) is 0. The zero-order valence-electron chi connectivity index (χ0n) is 12.3. The van der Waals surface area contributed by atoms with Crippen LogP contribution in [-0.2, 0) is 11.3 Å². The third-order valence-electron chi connectivity index (χ3n) is 4.38. The van der Waals surface area contributed by atoms with Crippen LogP contribution in [-0.4, -0.2) is 45.2 Å². The quantitative estimate of drug-likeness (QED) is 0.897.